The number of benzene rings is 7. The van der Waals surface area contributed by atoms with E-state index in [0.29, 0.717) is 114 Å². The second-order valence-corrected chi connectivity index (χ2v) is 34.2. The molecule has 10 aromatic rings. The summed E-state index contributed by atoms with van der Waals surface area (Å²) in [5.41, 5.74) is 9.85. The number of pyridine rings is 1. The number of nitrogens with zero attached hydrogens (tertiary/aromatic N) is 11. The van der Waals surface area contributed by atoms with E-state index in [9.17, 15) is 69.7 Å². The summed E-state index contributed by atoms with van der Waals surface area (Å²) in [6.07, 6.45) is -3.74. The molecule has 1 aliphatic carbocycles. The lowest BCUT2D eigenvalue weighted by molar-refractivity contribution is -0.143. The second kappa shape index (κ2) is 37.4. The molecule has 7 fully saturated rings. The first kappa shape index (κ1) is 90.3. The molecule has 7 aromatic carbocycles. The number of carbonyl (C=O) groups is 6. The lowest BCUT2D eigenvalue weighted by atomic mass is 9.78. The van der Waals surface area contributed by atoms with Gasteiger partial charge >= 0.3 is 48.5 Å². The van der Waals surface area contributed by atoms with Gasteiger partial charge in [-0.3, -0.25) is 24.3 Å². The Morgan fingerprint density at radius 2 is 0.969 bits per heavy atom. The molecular formula is C95H91Cl2F8N11O12. The number of aliphatic carboxylic acids is 2. The molecule has 1 saturated carbocycles. The minimum absolute atomic E-state index is 0.00280. The van der Waals surface area contributed by atoms with E-state index in [2.05, 4.69) is 19.8 Å². The van der Waals surface area contributed by atoms with Crippen molar-refractivity contribution >= 4 is 77.1 Å². The summed E-state index contributed by atoms with van der Waals surface area (Å²) in [6.45, 7) is 15.7. The predicted molar refractivity (Wildman–Crippen MR) is 462 cm³/mol. The number of aromatic carboxylic acids is 1. The minimum Gasteiger partial charge on any atom is -0.481 e. The van der Waals surface area contributed by atoms with Crippen LogP contribution in [0.1, 0.15) is 179 Å². The van der Waals surface area contributed by atoms with Crippen molar-refractivity contribution in [3.8, 4) is 44.5 Å². The van der Waals surface area contributed by atoms with Gasteiger partial charge in [-0.2, -0.15) is 26.3 Å². The summed E-state index contributed by atoms with van der Waals surface area (Å²) >= 11 is 13.3. The summed E-state index contributed by atoms with van der Waals surface area (Å²) in [6, 6.07) is 35.7. The van der Waals surface area contributed by atoms with E-state index in [1.165, 1.54) is 52.3 Å². The molecule has 0 unspecified atom stereocenters. The first-order valence-corrected chi connectivity index (χ1v) is 42.9. The molecule has 6 atom stereocenters. The zero-order valence-electron chi connectivity index (χ0n) is 70.6. The average Bonchev–Trinajstić information content (AvgIpc) is 1.32. The average molecular weight is 1800 g/mol. The summed E-state index contributed by atoms with van der Waals surface area (Å²) in [4.78, 5) is 108. The van der Waals surface area contributed by atoms with Crippen molar-refractivity contribution in [1.29, 1.82) is 0 Å². The smallest absolute Gasteiger partial charge is 0.416 e. The molecule has 3 aromatic heterocycles. The fraction of sp³-hybridized carbons (Fsp3) is 0.358. The molecule has 0 bridgehead atoms. The Kier molecular flexibility index (Phi) is 26.4. The molecule has 3 amide bonds. The number of carboxylic acid groups (broad SMARTS) is 3. The lowest BCUT2D eigenvalue weighted by Gasteiger charge is -2.33. The van der Waals surface area contributed by atoms with E-state index in [1.54, 1.807) is 100 Å². The van der Waals surface area contributed by atoms with Crippen LogP contribution in [0.2, 0.25) is 10.0 Å². The van der Waals surface area contributed by atoms with Crippen LogP contribution in [0, 0.1) is 38.3 Å². The number of aryl methyl sites for hydroxylation is 4. The normalized spacial score (nSPS) is 20.3. The van der Waals surface area contributed by atoms with E-state index in [1.807, 2.05) is 42.2 Å². The Bertz CT molecular complexity index is 5930. The Labute approximate surface area is 742 Å². The highest BCUT2D eigenvalue weighted by molar-refractivity contribution is 6.33. The molecule has 6 aliphatic heterocycles. The van der Waals surface area contributed by atoms with Crippen molar-refractivity contribution < 1.29 is 93.4 Å². The SMILES string of the molecule is C[C@H]1[C@@H](c2cccc(C(F)(F)F)c2)OC(=O)N1Cc1nc(N2CCC2)ccc1-c1cc(C2CCC(C(=O)O)CC2)ccc1Cl.Cc1cc(C(=O)O)ccc1-c1cc(-c2cnc(N3CCC3)nc2CN2C(=O)O[C@H](c3ccc(F)cc3)[C@@H]2C)c(C)cc1F.Cc1cc([C@H]2OC(=O)N(Cc3nc(N4CCC4)ncc3-c3cc(CCC(=O)O)ccc3Cl)[C@H]2C)cc(C(F)(F)F)c1. The first-order valence-electron chi connectivity index (χ1n) is 42.2. The largest absolute Gasteiger partial charge is 0.481 e. The van der Waals surface area contributed by atoms with Gasteiger partial charge in [-0.25, -0.2) is 52.9 Å². The van der Waals surface area contributed by atoms with Crippen LogP contribution in [0.5, 0.6) is 0 Å². The third-order valence-corrected chi connectivity index (χ3v) is 25.6. The zero-order valence-corrected chi connectivity index (χ0v) is 72.1. The molecule has 0 spiro atoms. The van der Waals surface area contributed by atoms with Crippen LogP contribution in [-0.2, 0) is 62.2 Å². The fourth-order valence-electron chi connectivity index (χ4n) is 17.2. The van der Waals surface area contributed by atoms with Crippen molar-refractivity contribution in [2.24, 2.45) is 5.92 Å². The number of carboxylic acids is 3. The van der Waals surface area contributed by atoms with Crippen molar-refractivity contribution in [3.05, 3.63) is 258 Å². The number of hydrogen-bond donors (Lipinski definition) is 3. The third-order valence-electron chi connectivity index (χ3n) is 24.9. The highest BCUT2D eigenvalue weighted by Crippen LogP contribution is 2.46. The van der Waals surface area contributed by atoms with Gasteiger partial charge in [0, 0.05) is 102 Å². The fourth-order valence-corrected chi connectivity index (χ4v) is 17.6. The Morgan fingerprint density at radius 3 is 1.49 bits per heavy atom. The van der Waals surface area contributed by atoms with Gasteiger partial charge in [0.1, 0.15) is 35.8 Å². The summed E-state index contributed by atoms with van der Waals surface area (Å²) in [5.74, 6) is -1.80. The van der Waals surface area contributed by atoms with E-state index >= 15 is 4.39 Å². The van der Waals surface area contributed by atoms with E-state index in [0.717, 1.165) is 124 Å². The van der Waals surface area contributed by atoms with E-state index < -0.39 is 95.9 Å². The molecule has 668 valence electrons. The quantitative estimate of drug-likeness (QED) is 0.0420. The van der Waals surface area contributed by atoms with Gasteiger partial charge < -0.3 is 44.2 Å². The third kappa shape index (κ3) is 19.6. The highest BCUT2D eigenvalue weighted by Gasteiger charge is 2.46. The van der Waals surface area contributed by atoms with Gasteiger partial charge in [-0.05, 0) is 246 Å². The first-order chi connectivity index (χ1) is 61.0. The van der Waals surface area contributed by atoms with Gasteiger partial charge in [0.25, 0.3) is 0 Å². The number of anilines is 3. The van der Waals surface area contributed by atoms with Crippen molar-refractivity contribution in [2.45, 2.75) is 174 Å². The topological polar surface area (TPSA) is 275 Å². The maximum Gasteiger partial charge on any atom is 0.416 e. The maximum atomic E-state index is 15.4. The van der Waals surface area contributed by atoms with Crippen LogP contribution in [0.4, 0.5) is 67.2 Å². The van der Waals surface area contributed by atoms with Crippen LogP contribution in [0.25, 0.3) is 44.5 Å². The van der Waals surface area contributed by atoms with Gasteiger partial charge in [-0.1, -0.05) is 77.3 Å². The van der Waals surface area contributed by atoms with Crippen LogP contribution < -0.4 is 14.7 Å². The van der Waals surface area contributed by atoms with Crippen LogP contribution >= 0.6 is 23.2 Å². The maximum absolute atomic E-state index is 15.4. The number of amides is 3. The molecule has 6 saturated heterocycles. The molecule has 23 nitrogen and oxygen atoms in total. The summed E-state index contributed by atoms with van der Waals surface area (Å²) in [5, 5.41) is 28.8. The molecule has 7 aliphatic rings. The monoisotopic (exact) mass is 1800 g/mol. The molecule has 128 heavy (non-hydrogen) atoms. The molecular weight excluding hydrogens is 1710 g/mol. The summed E-state index contributed by atoms with van der Waals surface area (Å²) < 4.78 is 127. The predicted octanol–water partition coefficient (Wildman–Crippen LogP) is 21.2. The number of hydrogen-bond acceptors (Lipinski definition) is 17. The molecule has 3 N–H and O–H groups in total. The Hall–Kier alpha value is -12.5. The van der Waals surface area contributed by atoms with Crippen molar-refractivity contribution in [1.82, 2.24) is 39.6 Å². The minimum atomic E-state index is -4.53. The number of aromatic nitrogens is 5. The highest BCUT2D eigenvalue weighted by atomic mass is 35.5. The van der Waals surface area contributed by atoms with Crippen LogP contribution in [-0.4, -0.2) is 149 Å². The number of ether oxygens (including phenoxy) is 3. The van der Waals surface area contributed by atoms with Crippen molar-refractivity contribution in [3.63, 3.8) is 0 Å². The molecule has 33 heteroatoms. The lowest BCUT2D eigenvalue weighted by Crippen LogP contribution is -2.39. The number of alkyl halides is 6. The number of rotatable bonds is 22. The number of halogens is 10. The Balaban J connectivity index is 0.000000148. The number of cyclic esters (lactones) is 3. The van der Waals surface area contributed by atoms with Crippen LogP contribution in [0.15, 0.2) is 158 Å². The van der Waals surface area contributed by atoms with Gasteiger partial charge in [0.05, 0.1) is 77.4 Å². The van der Waals surface area contributed by atoms with Crippen molar-refractivity contribution in [2.75, 3.05) is 54.0 Å². The van der Waals surface area contributed by atoms with E-state index in [-0.39, 0.29) is 66.4 Å². The second-order valence-electron chi connectivity index (χ2n) is 33.4. The zero-order chi connectivity index (χ0) is 91.1. The molecule has 17 rings (SSSR count). The molecule has 9 heterocycles. The molecule has 0 radical (unpaired) electrons. The standard InChI is InChI=1S/C33H33ClF3N3O4.C33H30F2N4O4.C29H28ClF3N4O4/c1-19-30(23-4-2-5-24(16-23)33(35,36)37)44-32(43)40(19)18-28-25(11-13-29(38-28)39-14-3-15-39)26-17-22(10-12-27(26)34)20-6-8-21(9-7-20)31(41)42;1-18-13-22(31(40)41)7-10-24(18)26-15-25(19(2)14-28(26)35)27-16-36-32(38-11-4-12-38)37-29(27)17-39-20(3)30(43-33(39)42)21-5-8-23(34)9-6-21;1-16-10-19(13-20(11-16)29(31,32)33)26-17(2)37(28(40)41-26)15-24-22(14-34-27(35-24)36-8-3-9-36)21-12-18(4-6-23(21)30)5-7-25(38)39/h2,4-5,10-13,16-17,19-21,30H,3,6-9,14-15,18H2,1H3,(H,41,42);5-10,13-16,20,30H,4,11-12,17H2,1-3H3,(H,40,41);4,6,10-14,17,26H,3,5,7-9,15H2,1-2H3,(H,38,39)/t19-,20?,21?,30-;20-,30-;17-,26-/m000/s1. The summed E-state index contributed by atoms with van der Waals surface area (Å²) in [7, 11) is 0. The van der Waals surface area contributed by atoms with E-state index in [4.69, 9.17) is 57.5 Å². The van der Waals surface area contributed by atoms with Crippen LogP contribution in [0.3, 0.4) is 0 Å². The number of carbonyl (C=O) groups excluding carboxylic acids is 3. The van der Waals surface area contributed by atoms with Gasteiger partial charge in [0.2, 0.25) is 11.9 Å². The van der Waals surface area contributed by atoms with Gasteiger partial charge in [0.15, 0.2) is 0 Å². The Morgan fingerprint density at radius 1 is 0.469 bits per heavy atom. The van der Waals surface area contributed by atoms with Gasteiger partial charge in [-0.15, -0.1) is 0 Å².